The summed E-state index contributed by atoms with van der Waals surface area (Å²) in [6.45, 7) is 0.513. The normalized spacial score (nSPS) is 11.4. The molecule has 4 nitrogen and oxygen atoms in total. The lowest BCUT2D eigenvalue weighted by atomic mass is 10.1. The van der Waals surface area contributed by atoms with Crippen molar-refractivity contribution in [2.24, 2.45) is 0 Å². The number of carboxylic acid groups (broad SMARTS) is 1. The number of benzene rings is 1. The van der Waals surface area contributed by atoms with E-state index in [1.807, 2.05) is 30.3 Å². The number of hydrogen-bond donors (Lipinski definition) is 1. The number of pyridine rings is 1. The molecular weight excluding hydrogens is 311 g/mol. The zero-order valence-corrected chi connectivity index (χ0v) is 12.0. The molecule has 1 aromatic carbocycles. The highest BCUT2D eigenvalue weighted by Crippen LogP contribution is 2.28. The fourth-order valence-electron chi connectivity index (χ4n) is 1.94. The molecule has 0 spiro atoms. The molecule has 0 radical (unpaired) electrons. The van der Waals surface area contributed by atoms with Crippen LogP contribution in [0.1, 0.15) is 27.3 Å². The summed E-state index contributed by atoms with van der Waals surface area (Å²) in [5, 5.41) is 8.86. The zero-order chi connectivity index (χ0) is 16.9. The number of rotatable bonds is 6. The number of aromatic carboxylic acids is 1. The SMILES string of the molecule is O=C(O)c1cc(CCOCc2ccccc2)cc(C(F)(F)F)n1. The van der Waals surface area contributed by atoms with E-state index in [0.29, 0.717) is 6.61 Å². The summed E-state index contributed by atoms with van der Waals surface area (Å²) >= 11 is 0. The number of aromatic nitrogens is 1. The smallest absolute Gasteiger partial charge is 0.433 e. The fourth-order valence-corrected chi connectivity index (χ4v) is 1.94. The summed E-state index contributed by atoms with van der Waals surface area (Å²) in [6.07, 6.45) is -4.52. The molecule has 23 heavy (non-hydrogen) atoms. The highest BCUT2D eigenvalue weighted by Gasteiger charge is 2.33. The molecule has 0 atom stereocenters. The van der Waals surface area contributed by atoms with Crippen molar-refractivity contribution in [1.29, 1.82) is 0 Å². The Morgan fingerprint density at radius 3 is 2.43 bits per heavy atom. The molecule has 0 saturated carbocycles. The van der Waals surface area contributed by atoms with Gasteiger partial charge in [0.25, 0.3) is 0 Å². The first-order valence-corrected chi connectivity index (χ1v) is 6.79. The summed E-state index contributed by atoms with van der Waals surface area (Å²) in [5.41, 5.74) is -0.671. The molecule has 2 rings (SSSR count). The second-order valence-corrected chi connectivity index (χ2v) is 4.84. The second kappa shape index (κ2) is 7.23. The monoisotopic (exact) mass is 325 g/mol. The van der Waals surface area contributed by atoms with Crippen molar-refractivity contribution in [3.8, 4) is 0 Å². The Morgan fingerprint density at radius 2 is 1.83 bits per heavy atom. The Morgan fingerprint density at radius 1 is 1.13 bits per heavy atom. The van der Waals surface area contributed by atoms with Gasteiger partial charge in [-0.3, -0.25) is 0 Å². The van der Waals surface area contributed by atoms with Gasteiger partial charge in [0.05, 0.1) is 13.2 Å². The minimum atomic E-state index is -4.69. The van der Waals surface area contributed by atoms with Crippen molar-refractivity contribution >= 4 is 5.97 Å². The molecule has 122 valence electrons. The highest BCUT2D eigenvalue weighted by molar-refractivity contribution is 5.85. The largest absolute Gasteiger partial charge is 0.477 e. The van der Waals surface area contributed by atoms with Crippen molar-refractivity contribution in [2.45, 2.75) is 19.2 Å². The molecule has 0 unspecified atom stereocenters. The van der Waals surface area contributed by atoms with E-state index in [-0.39, 0.29) is 18.6 Å². The first-order valence-electron chi connectivity index (χ1n) is 6.79. The Bertz CT molecular complexity index is 672. The Kier molecular flexibility index (Phi) is 5.33. The van der Waals surface area contributed by atoms with E-state index < -0.39 is 23.5 Å². The van der Waals surface area contributed by atoms with Gasteiger partial charge in [-0.2, -0.15) is 13.2 Å². The van der Waals surface area contributed by atoms with Gasteiger partial charge in [-0.15, -0.1) is 0 Å². The predicted molar refractivity (Wildman–Crippen MR) is 76.0 cm³/mol. The molecule has 0 bridgehead atoms. The van der Waals surface area contributed by atoms with Crippen LogP contribution >= 0.6 is 0 Å². The molecule has 1 N–H and O–H groups in total. The van der Waals surface area contributed by atoms with Gasteiger partial charge in [-0.05, 0) is 29.7 Å². The molecule has 0 saturated heterocycles. The van der Waals surface area contributed by atoms with Gasteiger partial charge >= 0.3 is 12.1 Å². The molecule has 0 aliphatic heterocycles. The van der Waals surface area contributed by atoms with Crippen molar-refractivity contribution in [3.63, 3.8) is 0 Å². The average Bonchev–Trinajstić information content (AvgIpc) is 2.51. The molecule has 1 aromatic heterocycles. The lowest BCUT2D eigenvalue weighted by Crippen LogP contribution is -2.13. The molecule has 2 aromatic rings. The maximum Gasteiger partial charge on any atom is 0.433 e. The van der Waals surface area contributed by atoms with Crippen molar-refractivity contribution in [3.05, 3.63) is 65.0 Å². The summed E-state index contributed by atoms with van der Waals surface area (Å²) in [5.74, 6) is -1.50. The van der Waals surface area contributed by atoms with Crippen LogP contribution in [-0.4, -0.2) is 22.7 Å². The van der Waals surface area contributed by atoms with Crippen LogP contribution in [0.4, 0.5) is 13.2 Å². The molecule has 0 fully saturated rings. The van der Waals surface area contributed by atoms with Gasteiger partial charge in [-0.25, -0.2) is 9.78 Å². The van der Waals surface area contributed by atoms with E-state index in [1.165, 1.54) is 0 Å². The topological polar surface area (TPSA) is 59.4 Å². The van der Waals surface area contributed by atoms with Gasteiger partial charge in [0.2, 0.25) is 0 Å². The van der Waals surface area contributed by atoms with Crippen LogP contribution in [-0.2, 0) is 23.9 Å². The van der Waals surface area contributed by atoms with Gasteiger partial charge in [0, 0.05) is 0 Å². The standard InChI is InChI=1S/C16H14F3NO3/c17-16(18,19)14-9-12(8-13(20-14)15(21)22)6-7-23-10-11-4-2-1-3-5-11/h1-5,8-9H,6-7,10H2,(H,21,22). The second-order valence-electron chi connectivity index (χ2n) is 4.84. The van der Waals surface area contributed by atoms with E-state index in [0.717, 1.165) is 17.7 Å². The first kappa shape index (κ1) is 17.0. The number of ether oxygens (including phenoxy) is 1. The minimum absolute atomic E-state index is 0.165. The number of hydrogen-bond acceptors (Lipinski definition) is 3. The van der Waals surface area contributed by atoms with Crippen LogP contribution < -0.4 is 0 Å². The third kappa shape index (κ3) is 5.07. The van der Waals surface area contributed by atoms with Crippen LogP contribution in [0.2, 0.25) is 0 Å². The van der Waals surface area contributed by atoms with E-state index in [4.69, 9.17) is 9.84 Å². The van der Waals surface area contributed by atoms with Gasteiger partial charge in [0.1, 0.15) is 11.4 Å². The van der Waals surface area contributed by atoms with E-state index in [9.17, 15) is 18.0 Å². The highest BCUT2D eigenvalue weighted by atomic mass is 19.4. The van der Waals surface area contributed by atoms with Crippen LogP contribution in [0.15, 0.2) is 42.5 Å². The summed E-state index contributed by atoms with van der Waals surface area (Å²) in [6, 6.07) is 11.3. The summed E-state index contributed by atoms with van der Waals surface area (Å²) in [7, 11) is 0. The molecular formula is C16H14F3NO3. The zero-order valence-electron chi connectivity index (χ0n) is 12.0. The van der Waals surface area contributed by atoms with Gasteiger partial charge in [0.15, 0.2) is 0 Å². The Hall–Kier alpha value is -2.41. The van der Waals surface area contributed by atoms with Crippen LogP contribution in [0.3, 0.4) is 0 Å². The van der Waals surface area contributed by atoms with Crippen molar-refractivity contribution in [2.75, 3.05) is 6.61 Å². The van der Waals surface area contributed by atoms with Gasteiger partial charge < -0.3 is 9.84 Å². The van der Waals surface area contributed by atoms with E-state index in [2.05, 4.69) is 4.98 Å². The minimum Gasteiger partial charge on any atom is -0.477 e. The number of halogens is 3. The molecule has 1 heterocycles. The molecule has 0 aliphatic carbocycles. The summed E-state index contributed by atoms with van der Waals surface area (Å²) < 4.78 is 43.6. The number of alkyl halides is 3. The molecule has 0 amide bonds. The number of carboxylic acids is 1. The van der Waals surface area contributed by atoms with Gasteiger partial charge in [-0.1, -0.05) is 30.3 Å². The molecule has 7 heteroatoms. The lowest BCUT2D eigenvalue weighted by molar-refractivity contribution is -0.141. The van der Waals surface area contributed by atoms with Crippen molar-refractivity contribution in [1.82, 2.24) is 4.98 Å². The third-order valence-electron chi connectivity index (χ3n) is 3.04. The Balaban J connectivity index is 2.01. The van der Waals surface area contributed by atoms with E-state index in [1.54, 1.807) is 0 Å². The maximum atomic E-state index is 12.7. The van der Waals surface area contributed by atoms with Crippen LogP contribution in [0.5, 0.6) is 0 Å². The fraction of sp³-hybridized carbons (Fsp3) is 0.250. The quantitative estimate of drug-likeness (QED) is 0.825. The number of carbonyl (C=O) groups is 1. The average molecular weight is 325 g/mol. The third-order valence-corrected chi connectivity index (χ3v) is 3.04. The van der Waals surface area contributed by atoms with Crippen LogP contribution in [0, 0.1) is 0 Å². The van der Waals surface area contributed by atoms with E-state index >= 15 is 0 Å². The lowest BCUT2D eigenvalue weighted by Gasteiger charge is -2.10. The first-order chi connectivity index (χ1) is 10.9. The number of nitrogens with zero attached hydrogens (tertiary/aromatic N) is 1. The Labute approximate surface area is 130 Å². The molecule has 0 aliphatic rings. The maximum absolute atomic E-state index is 12.7. The summed E-state index contributed by atoms with van der Waals surface area (Å²) in [4.78, 5) is 14.0. The van der Waals surface area contributed by atoms with Crippen molar-refractivity contribution < 1.29 is 27.8 Å². The predicted octanol–water partition coefficient (Wildman–Crippen LogP) is 3.56. The van der Waals surface area contributed by atoms with Crippen LogP contribution in [0.25, 0.3) is 0 Å².